The fourth-order valence-electron chi connectivity index (χ4n) is 3.84. The Bertz CT molecular complexity index is 1080. The molecule has 0 aliphatic carbocycles. The van der Waals surface area contributed by atoms with Crippen molar-refractivity contribution in [2.24, 2.45) is 0 Å². The van der Waals surface area contributed by atoms with Gasteiger partial charge in [-0.1, -0.05) is 43.5 Å². The van der Waals surface area contributed by atoms with E-state index in [1.165, 1.54) is 0 Å². The molecule has 0 bridgehead atoms. The summed E-state index contributed by atoms with van der Waals surface area (Å²) in [5.74, 6) is 0.864. The van der Waals surface area contributed by atoms with Crippen LogP contribution >= 0.6 is 0 Å². The average molecular weight is 422 g/mol. The maximum Gasteiger partial charge on any atom is 0.351 e. The normalized spacial score (nSPS) is 18.0. The number of aromatic nitrogens is 2. The van der Waals surface area contributed by atoms with Crippen LogP contribution in [-0.2, 0) is 27.2 Å². The first-order chi connectivity index (χ1) is 15.1. The predicted molar refractivity (Wildman–Crippen MR) is 118 cm³/mol. The first kappa shape index (κ1) is 21.1. The number of aryl methyl sites for hydroxylation is 1. The molecule has 0 radical (unpaired) electrons. The molecule has 7 heteroatoms. The molecule has 0 spiro atoms. The Morgan fingerprint density at radius 1 is 1.35 bits per heavy atom. The number of allylic oxidation sites excluding steroid dienone is 3. The van der Waals surface area contributed by atoms with Gasteiger partial charge >= 0.3 is 5.69 Å². The molecule has 7 nitrogen and oxygen atoms in total. The Morgan fingerprint density at radius 3 is 2.97 bits per heavy atom. The van der Waals surface area contributed by atoms with Crippen LogP contribution in [0, 0.1) is 0 Å². The molecule has 1 unspecified atom stereocenters. The van der Waals surface area contributed by atoms with Gasteiger partial charge in [-0.15, -0.1) is 0 Å². The molecule has 2 aliphatic rings. The summed E-state index contributed by atoms with van der Waals surface area (Å²) in [6.45, 7) is 10.2. The van der Waals surface area contributed by atoms with Crippen LogP contribution < -0.4 is 10.4 Å². The van der Waals surface area contributed by atoms with Gasteiger partial charge in [-0.2, -0.15) is 4.98 Å². The number of methoxy groups -OCH3 is 1. The van der Waals surface area contributed by atoms with Crippen LogP contribution in [0.25, 0.3) is 16.8 Å². The van der Waals surface area contributed by atoms with Crippen molar-refractivity contribution < 1.29 is 18.9 Å². The number of benzene rings is 1. The van der Waals surface area contributed by atoms with Crippen LogP contribution in [-0.4, -0.2) is 49.2 Å². The first-order valence-corrected chi connectivity index (χ1v) is 10.2. The number of hydrogen-bond donors (Lipinski definition) is 0. The molecule has 1 saturated heterocycles. The van der Waals surface area contributed by atoms with Gasteiger partial charge in [0.05, 0.1) is 32.6 Å². The number of fused-ring (bicyclic) bond motifs is 3. The van der Waals surface area contributed by atoms with Crippen LogP contribution in [0.2, 0.25) is 0 Å². The fraction of sp³-hybridized carbons (Fsp3) is 0.333. The number of ether oxygens (including phenoxy) is 4. The molecule has 2 aliphatic heterocycles. The zero-order valence-electron chi connectivity index (χ0n) is 17.6. The third-order valence-electron chi connectivity index (χ3n) is 5.42. The lowest BCUT2D eigenvalue weighted by atomic mass is 9.92. The van der Waals surface area contributed by atoms with E-state index >= 15 is 0 Å². The summed E-state index contributed by atoms with van der Waals surface area (Å²) < 4.78 is 23.8. The third-order valence-corrected chi connectivity index (χ3v) is 5.42. The van der Waals surface area contributed by atoms with E-state index in [1.807, 2.05) is 24.3 Å². The summed E-state index contributed by atoms with van der Waals surface area (Å²) in [5, 5.41) is 0. The van der Waals surface area contributed by atoms with E-state index in [9.17, 15) is 4.79 Å². The molecule has 1 aromatic heterocycles. The molecule has 1 aromatic carbocycles. The Kier molecular flexibility index (Phi) is 6.34. The standard InChI is InChI=1S/C24H26N2O5/c1-4-5-20(16(2)28-3)17-6-7-21-18(12-17)8-9-26-22(21)13-23(25-24(26)27)31-15-19-14-29-10-11-30-19/h4-7,12-13,19H,1-2,8-11,14-15H2,3H3/b20-5+. The second-order valence-electron chi connectivity index (χ2n) is 7.36. The van der Waals surface area contributed by atoms with Crippen LogP contribution in [0.5, 0.6) is 5.88 Å². The summed E-state index contributed by atoms with van der Waals surface area (Å²) in [6, 6.07) is 7.93. The molecule has 3 heterocycles. The van der Waals surface area contributed by atoms with Crippen LogP contribution in [0.15, 0.2) is 60.1 Å². The van der Waals surface area contributed by atoms with Crippen LogP contribution in [0.3, 0.4) is 0 Å². The minimum Gasteiger partial charge on any atom is -0.497 e. The van der Waals surface area contributed by atoms with Gasteiger partial charge in [0.2, 0.25) is 5.88 Å². The monoisotopic (exact) mass is 422 g/mol. The number of nitrogens with zero attached hydrogens (tertiary/aromatic N) is 2. The maximum atomic E-state index is 12.6. The summed E-state index contributed by atoms with van der Waals surface area (Å²) in [7, 11) is 1.60. The summed E-state index contributed by atoms with van der Waals surface area (Å²) in [4.78, 5) is 16.7. The Morgan fingerprint density at radius 2 is 2.23 bits per heavy atom. The minimum atomic E-state index is -0.317. The van der Waals surface area contributed by atoms with Crippen molar-refractivity contribution in [3.05, 3.63) is 76.9 Å². The Balaban J connectivity index is 1.64. The Labute approximate surface area is 181 Å². The average Bonchev–Trinajstić information content (AvgIpc) is 2.81. The largest absolute Gasteiger partial charge is 0.497 e. The van der Waals surface area contributed by atoms with Gasteiger partial charge in [0.25, 0.3) is 0 Å². The van der Waals surface area contributed by atoms with Crippen molar-refractivity contribution in [2.75, 3.05) is 33.5 Å². The van der Waals surface area contributed by atoms with E-state index in [0.29, 0.717) is 38.0 Å². The molecule has 31 heavy (non-hydrogen) atoms. The lowest BCUT2D eigenvalue weighted by molar-refractivity contribution is -0.102. The Hall–Kier alpha value is -3.16. The SMILES string of the molecule is C=C/C=C(\C(=C)OC)c1ccc2c(c1)CCn1c-2cc(OCC2COCCO2)nc1=O. The van der Waals surface area contributed by atoms with Gasteiger partial charge in [-0.25, -0.2) is 4.79 Å². The summed E-state index contributed by atoms with van der Waals surface area (Å²) >= 11 is 0. The minimum absolute atomic E-state index is 0.159. The summed E-state index contributed by atoms with van der Waals surface area (Å²) in [5.41, 5.74) is 4.46. The zero-order valence-corrected chi connectivity index (χ0v) is 17.6. The van der Waals surface area contributed by atoms with Crippen molar-refractivity contribution in [2.45, 2.75) is 19.1 Å². The fourth-order valence-corrected chi connectivity index (χ4v) is 3.84. The van der Waals surface area contributed by atoms with Crippen LogP contribution in [0.1, 0.15) is 11.1 Å². The van der Waals surface area contributed by atoms with Gasteiger partial charge in [0.15, 0.2) is 0 Å². The highest BCUT2D eigenvalue weighted by atomic mass is 16.6. The third kappa shape index (κ3) is 4.47. The van der Waals surface area contributed by atoms with E-state index < -0.39 is 0 Å². The predicted octanol–water partition coefficient (Wildman–Crippen LogP) is 2.99. The van der Waals surface area contributed by atoms with Crippen molar-refractivity contribution in [3.63, 3.8) is 0 Å². The highest BCUT2D eigenvalue weighted by Crippen LogP contribution is 2.33. The second kappa shape index (κ2) is 9.32. The van der Waals surface area contributed by atoms with Gasteiger partial charge in [-0.3, -0.25) is 4.57 Å². The van der Waals surface area contributed by atoms with Crippen molar-refractivity contribution in [3.8, 4) is 17.1 Å². The van der Waals surface area contributed by atoms with Gasteiger partial charge < -0.3 is 18.9 Å². The van der Waals surface area contributed by atoms with E-state index in [2.05, 4.69) is 24.2 Å². The highest BCUT2D eigenvalue weighted by Gasteiger charge is 2.21. The zero-order chi connectivity index (χ0) is 21.8. The lowest BCUT2D eigenvalue weighted by Crippen LogP contribution is -2.34. The number of hydrogen-bond acceptors (Lipinski definition) is 6. The van der Waals surface area contributed by atoms with Crippen molar-refractivity contribution >= 4 is 5.57 Å². The molecule has 1 atom stereocenters. The molecule has 0 saturated carbocycles. The van der Waals surface area contributed by atoms with E-state index in [-0.39, 0.29) is 18.4 Å². The van der Waals surface area contributed by atoms with Gasteiger partial charge in [-0.05, 0) is 17.5 Å². The van der Waals surface area contributed by atoms with Crippen LogP contribution in [0.4, 0.5) is 0 Å². The van der Waals surface area contributed by atoms with Crippen molar-refractivity contribution in [1.82, 2.24) is 9.55 Å². The maximum absolute atomic E-state index is 12.6. The lowest BCUT2D eigenvalue weighted by Gasteiger charge is -2.24. The smallest absolute Gasteiger partial charge is 0.351 e. The molecule has 0 amide bonds. The molecular formula is C24H26N2O5. The molecular weight excluding hydrogens is 396 g/mol. The van der Waals surface area contributed by atoms with E-state index in [1.54, 1.807) is 17.8 Å². The molecule has 1 fully saturated rings. The van der Waals surface area contributed by atoms with E-state index in [4.69, 9.17) is 18.9 Å². The molecule has 162 valence electrons. The molecule has 2 aromatic rings. The van der Waals surface area contributed by atoms with Crippen molar-refractivity contribution in [1.29, 1.82) is 0 Å². The summed E-state index contributed by atoms with van der Waals surface area (Å²) in [6.07, 6.45) is 4.16. The van der Waals surface area contributed by atoms with Gasteiger partial charge in [0.1, 0.15) is 18.5 Å². The highest BCUT2D eigenvalue weighted by molar-refractivity contribution is 5.80. The second-order valence-corrected chi connectivity index (χ2v) is 7.36. The van der Waals surface area contributed by atoms with E-state index in [0.717, 1.165) is 34.4 Å². The number of rotatable bonds is 7. The molecule has 0 N–H and O–H groups in total. The first-order valence-electron chi connectivity index (χ1n) is 10.2. The van der Waals surface area contributed by atoms with Gasteiger partial charge in [0, 0.05) is 23.7 Å². The topological polar surface area (TPSA) is 71.8 Å². The molecule has 4 rings (SSSR count). The quantitative estimate of drug-likeness (QED) is 0.505.